The zero-order chi connectivity index (χ0) is 17.9. The van der Waals surface area contributed by atoms with Gasteiger partial charge in [-0.2, -0.15) is 0 Å². The van der Waals surface area contributed by atoms with Crippen molar-refractivity contribution in [2.45, 2.75) is 0 Å². The molecular weight excluding hydrogens is 344 g/mol. The molecule has 4 rings (SSSR count). The lowest BCUT2D eigenvalue weighted by Gasteiger charge is -2.04. The first-order valence-electron chi connectivity index (χ1n) is 8.31. The Morgan fingerprint density at radius 1 is 0.846 bits per heavy atom. The summed E-state index contributed by atoms with van der Waals surface area (Å²) in [6.07, 6.45) is 0. The lowest BCUT2D eigenvalue weighted by atomic mass is 10.1. The highest BCUT2D eigenvalue weighted by Gasteiger charge is 2.16. The van der Waals surface area contributed by atoms with E-state index in [9.17, 15) is 0 Å². The van der Waals surface area contributed by atoms with Gasteiger partial charge >= 0.3 is 0 Å². The van der Waals surface area contributed by atoms with E-state index in [1.54, 1.807) is 13.2 Å². The van der Waals surface area contributed by atoms with Gasteiger partial charge in [0.15, 0.2) is 0 Å². The van der Waals surface area contributed by atoms with Crippen LogP contribution in [0.2, 0.25) is 5.02 Å². The van der Waals surface area contributed by atoms with E-state index in [1.807, 2.05) is 48.5 Å². The van der Waals surface area contributed by atoms with Crippen molar-refractivity contribution in [3.63, 3.8) is 0 Å². The summed E-state index contributed by atoms with van der Waals surface area (Å²) >= 11 is 6.46. The molecule has 0 amide bonds. The van der Waals surface area contributed by atoms with Gasteiger partial charge in [0.2, 0.25) is 0 Å². The molecule has 0 spiro atoms. The van der Waals surface area contributed by atoms with Crippen molar-refractivity contribution < 1.29 is 4.74 Å². The van der Waals surface area contributed by atoms with Gasteiger partial charge in [0.05, 0.1) is 23.5 Å². The highest BCUT2D eigenvalue weighted by atomic mass is 35.5. The van der Waals surface area contributed by atoms with Gasteiger partial charge in [-0.05, 0) is 18.2 Å². The summed E-state index contributed by atoms with van der Waals surface area (Å²) in [4.78, 5) is 8.32. The predicted molar refractivity (Wildman–Crippen MR) is 106 cm³/mol. The SMILES string of the molecule is COc1ccc(-c2nc(-c3ccccc3)c(-c3ccccc3)[nH]2)c(Cl)c1. The molecule has 0 fully saturated rings. The first kappa shape index (κ1) is 16.4. The van der Waals surface area contributed by atoms with Crippen molar-refractivity contribution in [2.24, 2.45) is 0 Å². The summed E-state index contributed by atoms with van der Waals surface area (Å²) in [5, 5.41) is 0.595. The average Bonchev–Trinajstić information content (AvgIpc) is 3.14. The van der Waals surface area contributed by atoms with Gasteiger partial charge in [-0.25, -0.2) is 4.98 Å². The van der Waals surface area contributed by atoms with E-state index < -0.39 is 0 Å². The fourth-order valence-corrected chi connectivity index (χ4v) is 3.19. The Bertz CT molecular complexity index is 970. The number of imidazole rings is 1. The molecule has 0 saturated carbocycles. The minimum atomic E-state index is 0.595. The first-order valence-corrected chi connectivity index (χ1v) is 8.69. The third-order valence-electron chi connectivity index (χ3n) is 4.24. The summed E-state index contributed by atoms with van der Waals surface area (Å²) in [6, 6.07) is 25.9. The Kier molecular flexibility index (Phi) is 4.46. The van der Waals surface area contributed by atoms with Gasteiger partial charge < -0.3 is 9.72 Å². The molecule has 1 heterocycles. The van der Waals surface area contributed by atoms with Crippen molar-refractivity contribution in [3.8, 4) is 39.7 Å². The van der Waals surface area contributed by atoms with Gasteiger partial charge in [-0.3, -0.25) is 0 Å². The number of hydrogen-bond donors (Lipinski definition) is 1. The minimum absolute atomic E-state index is 0.595. The monoisotopic (exact) mass is 360 g/mol. The fraction of sp³-hybridized carbons (Fsp3) is 0.0455. The molecule has 128 valence electrons. The maximum absolute atomic E-state index is 6.46. The second kappa shape index (κ2) is 7.06. The maximum Gasteiger partial charge on any atom is 0.140 e. The summed E-state index contributed by atoms with van der Waals surface area (Å²) in [5.41, 5.74) is 4.84. The quantitative estimate of drug-likeness (QED) is 0.479. The van der Waals surface area contributed by atoms with Crippen molar-refractivity contribution in [2.75, 3.05) is 7.11 Å². The van der Waals surface area contributed by atoms with Gasteiger partial charge in [0.1, 0.15) is 11.6 Å². The lowest BCUT2D eigenvalue weighted by molar-refractivity contribution is 0.415. The van der Waals surface area contributed by atoms with E-state index in [2.05, 4.69) is 29.2 Å². The molecule has 3 nitrogen and oxygen atoms in total. The van der Waals surface area contributed by atoms with E-state index >= 15 is 0 Å². The Labute approximate surface area is 157 Å². The topological polar surface area (TPSA) is 37.9 Å². The minimum Gasteiger partial charge on any atom is -0.497 e. The van der Waals surface area contributed by atoms with Crippen LogP contribution in [0.5, 0.6) is 5.75 Å². The number of H-pyrrole nitrogens is 1. The zero-order valence-corrected chi connectivity index (χ0v) is 15.0. The van der Waals surface area contributed by atoms with Crippen LogP contribution in [0.3, 0.4) is 0 Å². The number of hydrogen-bond acceptors (Lipinski definition) is 2. The number of halogens is 1. The Morgan fingerprint density at radius 2 is 1.50 bits per heavy atom. The number of methoxy groups -OCH3 is 1. The van der Waals surface area contributed by atoms with E-state index in [0.717, 1.165) is 39.7 Å². The molecule has 0 aliphatic carbocycles. The number of nitrogens with one attached hydrogen (secondary N) is 1. The molecule has 0 aliphatic heterocycles. The van der Waals surface area contributed by atoms with Crippen LogP contribution in [0.15, 0.2) is 78.9 Å². The maximum atomic E-state index is 6.46. The Balaban J connectivity index is 1.89. The molecule has 4 heteroatoms. The van der Waals surface area contributed by atoms with Crippen molar-refractivity contribution >= 4 is 11.6 Å². The van der Waals surface area contributed by atoms with E-state index in [-0.39, 0.29) is 0 Å². The predicted octanol–water partition coefficient (Wildman–Crippen LogP) is 6.07. The number of benzene rings is 3. The smallest absolute Gasteiger partial charge is 0.140 e. The fourth-order valence-electron chi connectivity index (χ4n) is 2.93. The standard InChI is InChI=1S/C22H17ClN2O/c1-26-17-12-13-18(19(23)14-17)22-24-20(15-8-4-2-5-9-15)21(25-22)16-10-6-3-7-11-16/h2-14H,1H3,(H,24,25). The molecule has 1 aromatic heterocycles. The molecule has 26 heavy (non-hydrogen) atoms. The molecule has 4 aromatic rings. The molecule has 0 aliphatic rings. The molecule has 0 unspecified atom stereocenters. The second-order valence-corrected chi connectivity index (χ2v) is 6.29. The summed E-state index contributed by atoms with van der Waals surface area (Å²) in [5.74, 6) is 1.45. The molecular formula is C22H17ClN2O. The first-order chi connectivity index (χ1) is 12.8. The van der Waals surface area contributed by atoms with E-state index in [0.29, 0.717) is 5.02 Å². The third-order valence-corrected chi connectivity index (χ3v) is 4.56. The van der Waals surface area contributed by atoms with Crippen LogP contribution in [-0.2, 0) is 0 Å². The summed E-state index contributed by atoms with van der Waals surface area (Å²) < 4.78 is 5.24. The molecule has 0 radical (unpaired) electrons. The van der Waals surface area contributed by atoms with Crippen LogP contribution in [0, 0.1) is 0 Å². The largest absolute Gasteiger partial charge is 0.497 e. The van der Waals surface area contributed by atoms with Crippen molar-refractivity contribution in [1.29, 1.82) is 0 Å². The van der Waals surface area contributed by atoms with Crippen LogP contribution in [0.25, 0.3) is 33.9 Å². The Morgan fingerprint density at radius 3 is 2.12 bits per heavy atom. The molecule has 1 N–H and O–H groups in total. The molecule has 0 atom stereocenters. The lowest BCUT2D eigenvalue weighted by Crippen LogP contribution is -1.86. The number of aromatic amines is 1. The number of nitrogens with zero attached hydrogens (tertiary/aromatic N) is 1. The molecule has 3 aromatic carbocycles. The summed E-state index contributed by atoms with van der Waals surface area (Å²) in [7, 11) is 1.62. The van der Waals surface area contributed by atoms with Crippen LogP contribution in [0.1, 0.15) is 0 Å². The van der Waals surface area contributed by atoms with Crippen LogP contribution in [0.4, 0.5) is 0 Å². The average molecular weight is 361 g/mol. The van der Waals surface area contributed by atoms with Crippen LogP contribution < -0.4 is 4.74 Å². The van der Waals surface area contributed by atoms with Gasteiger partial charge in [-0.1, -0.05) is 72.3 Å². The molecule has 0 saturated heterocycles. The van der Waals surface area contributed by atoms with Crippen LogP contribution >= 0.6 is 11.6 Å². The van der Waals surface area contributed by atoms with Crippen LogP contribution in [-0.4, -0.2) is 17.1 Å². The van der Waals surface area contributed by atoms with Crippen molar-refractivity contribution in [3.05, 3.63) is 83.9 Å². The highest BCUT2D eigenvalue weighted by Crippen LogP contribution is 2.36. The van der Waals surface area contributed by atoms with E-state index in [4.69, 9.17) is 21.3 Å². The molecule has 0 bridgehead atoms. The summed E-state index contributed by atoms with van der Waals surface area (Å²) in [6.45, 7) is 0. The number of rotatable bonds is 4. The number of ether oxygens (including phenoxy) is 1. The highest BCUT2D eigenvalue weighted by molar-refractivity contribution is 6.33. The third kappa shape index (κ3) is 3.09. The number of aromatic nitrogens is 2. The van der Waals surface area contributed by atoms with Gasteiger partial charge in [0, 0.05) is 16.7 Å². The normalized spacial score (nSPS) is 10.7. The second-order valence-electron chi connectivity index (χ2n) is 5.89. The Hall–Kier alpha value is -3.04. The van der Waals surface area contributed by atoms with E-state index in [1.165, 1.54) is 0 Å². The van der Waals surface area contributed by atoms with Gasteiger partial charge in [0.25, 0.3) is 0 Å². The zero-order valence-electron chi connectivity index (χ0n) is 14.2. The van der Waals surface area contributed by atoms with Crippen molar-refractivity contribution in [1.82, 2.24) is 9.97 Å². The van der Waals surface area contributed by atoms with Gasteiger partial charge in [-0.15, -0.1) is 0 Å².